The van der Waals surface area contributed by atoms with Crippen LogP contribution in [0.15, 0.2) is 48.5 Å². The van der Waals surface area contributed by atoms with Crippen molar-refractivity contribution in [2.45, 2.75) is 19.8 Å². The van der Waals surface area contributed by atoms with Crippen molar-refractivity contribution in [3.05, 3.63) is 54.2 Å². The molecule has 4 nitrogen and oxygen atoms in total. The fraction of sp³-hybridized carbons (Fsp3) is 0.300. The summed E-state index contributed by atoms with van der Waals surface area (Å²) in [5, 5.41) is 9.66. The number of rotatable bonds is 2. The summed E-state index contributed by atoms with van der Waals surface area (Å²) in [5.41, 5.74) is 2.45. The molecule has 122 valence electrons. The molecule has 4 heteroatoms. The van der Waals surface area contributed by atoms with Gasteiger partial charge in [-0.15, -0.1) is 0 Å². The maximum atomic E-state index is 12.7. The molecule has 2 aromatic carbocycles. The lowest BCUT2D eigenvalue weighted by Crippen LogP contribution is -2.38. The molecule has 0 aliphatic carbocycles. The summed E-state index contributed by atoms with van der Waals surface area (Å²) in [4.78, 5) is 14.6. The molecule has 0 spiro atoms. The van der Waals surface area contributed by atoms with E-state index < -0.39 is 0 Å². The number of H-pyrrole nitrogens is 1. The smallest absolute Gasteiger partial charge is 0.271 e. The van der Waals surface area contributed by atoms with Gasteiger partial charge in [0.05, 0.1) is 5.69 Å². The summed E-state index contributed by atoms with van der Waals surface area (Å²) < 4.78 is 0. The summed E-state index contributed by atoms with van der Waals surface area (Å²) >= 11 is 0. The van der Waals surface area contributed by atoms with Gasteiger partial charge < -0.3 is 4.90 Å². The van der Waals surface area contributed by atoms with Gasteiger partial charge in [-0.3, -0.25) is 9.89 Å². The Morgan fingerprint density at radius 2 is 1.88 bits per heavy atom. The molecule has 3 aromatic rings. The number of carbonyl (C=O) groups is 1. The first-order chi connectivity index (χ1) is 11.7. The van der Waals surface area contributed by atoms with Gasteiger partial charge in [0.1, 0.15) is 5.69 Å². The van der Waals surface area contributed by atoms with Crippen molar-refractivity contribution in [2.75, 3.05) is 13.1 Å². The summed E-state index contributed by atoms with van der Waals surface area (Å²) in [6, 6.07) is 16.3. The van der Waals surface area contributed by atoms with Gasteiger partial charge >= 0.3 is 0 Å². The van der Waals surface area contributed by atoms with E-state index in [-0.39, 0.29) is 5.91 Å². The molecule has 2 heterocycles. The number of hydrogen-bond acceptors (Lipinski definition) is 2. The van der Waals surface area contributed by atoms with Gasteiger partial charge in [0.25, 0.3) is 5.91 Å². The normalized spacial score (nSPS) is 15.8. The third-order valence-corrected chi connectivity index (χ3v) is 4.94. The number of nitrogens with zero attached hydrogens (tertiary/aromatic N) is 2. The summed E-state index contributed by atoms with van der Waals surface area (Å²) in [7, 11) is 0. The average Bonchev–Trinajstić information content (AvgIpc) is 3.11. The van der Waals surface area contributed by atoms with Crippen molar-refractivity contribution in [3.63, 3.8) is 0 Å². The monoisotopic (exact) mass is 319 g/mol. The Balaban J connectivity index is 1.64. The van der Waals surface area contributed by atoms with Crippen LogP contribution in [0.2, 0.25) is 0 Å². The zero-order valence-corrected chi connectivity index (χ0v) is 13.8. The standard InChI is InChI=1S/C20H21N3O/c1-14-9-11-23(12-10-14)20(24)19-13-18(21-22-19)17-8-4-6-15-5-2-3-7-16(15)17/h2-8,13-14H,9-12H2,1H3,(H,21,22). The number of nitrogens with one attached hydrogen (secondary N) is 1. The second-order valence-corrected chi connectivity index (χ2v) is 6.67. The van der Waals surface area contributed by atoms with Crippen LogP contribution in [0.5, 0.6) is 0 Å². The summed E-state index contributed by atoms with van der Waals surface area (Å²) in [6.07, 6.45) is 2.16. The Morgan fingerprint density at radius 3 is 2.71 bits per heavy atom. The zero-order valence-electron chi connectivity index (χ0n) is 13.8. The number of carbonyl (C=O) groups excluding carboxylic acids is 1. The summed E-state index contributed by atoms with van der Waals surface area (Å²) in [6.45, 7) is 3.92. The van der Waals surface area contributed by atoms with E-state index in [2.05, 4.69) is 41.4 Å². The van der Waals surface area contributed by atoms with Gasteiger partial charge in [0, 0.05) is 18.7 Å². The number of hydrogen-bond donors (Lipinski definition) is 1. The Morgan fingerprint density at radius 1 is 1.12 bits per heavy atom. The van der Waals surface area contributed by atoms with E-state index >= 15 is 0 Å². The molecule has 1 amide bonds. The van der Waals surface area contributed by atoms with Crippen LogP contribution in [0.3, 0.4) is 0 Å². The molecule has 1 aromatic heterocycles. The van der Waals surface area contributed by atoms with E-state index in [1.807, 2.05) is 29.2 Å². The van der Waals surface area contributed by atoms with Crippen LogP contribution in [0.25, 0.3) is 22.0 Å². The van der Waals surface area contributed by atoms with Crippen LogP contribution < -0.4 is 0 Å². The highest BCUT2D eigenvalue weighted by molar-refractivity contribution is 5.98. The quantitative estimate of drug-likeness (QED) is 0.773. The van der Waals surface area contributed by atoms with E-state index in [0.29, 0.717) is 11.6 Å². The van der Waals surface area contributed by atoms with Gasteiger partial charge in [-0.05, 0) is 35.6 Å². The highest BCUT2D eigenvalue weighted by Crippen LogP contribution is 2.28. The summed E-state index contributed by atoms with van der Waals surface area (Å²) in [5.74, 6) is 0.767. The number of amides is 1. The van der Waals surface area contributed by atoms with Gasteiger partial charge in [0.2, 0.25) is 0 Å². The Hall–Kier alpha value is -2.62. The molecule has 1 saturated heterocycles. The molecule has 0 unspecified atom stereocenters. The van der Waals surface area contributed by atoms with Gasteiger partial charge in [-0.25, -0.2) is 0 Å². The minimum absolute atomic E-state index is 0.0564. The molecule has 0 radical (unpaired) electrons. The first kappa shape index (κ1) is 14.9. The SMILES string of the molecule is CC1CCN(C(=O)c2cc(-c3cccc4ccccc34)n[nH]2)CC1. The lowest BCUT2D eigenvalue weighted by atomic mass is 9.99. The lowest BCUT2D eigenvalue weighted by molar-refractivity contribution is 0.0691. The molecule has 0 saturated carbocycles. The van der Waals surface area contributed by atoms with Crippen LogP contribution in [-0.2, 0) is 0 Å². The predicted molar refractivity (Wildman–Crippen MR) is 95.8 cm³/mol. The maximum Gasteiger partial charge on any atom is 0.271 e. The zero-order chi connectivity index (χ0) is 16.5. The first-order valence-electron chi connectivity index (χ1n) is 8.55. The minimum Gasteiger partial charge on any atom is -0.337 e. The second kappa shape index (κ2) is 6.11. The molecule has 1 N–H and O–H groups in total. The molecule has 1 fully saturated rings. The van der Waals surface area contributed by atoms with Crippen molar-refractivity contribution < 1.29 is 4.79 Å². The Bertz CT molecular complexity index is 870. The third-order valence-electron chi connectivity index (χ3n) is 4.94. The Kier molecular flexibility index (Phi) is 3.81. The van der Waals surface area contributed by atoms with Gasteiger partial charge in [-0.1, -0.05) is 49.4 Å². The Labute approximate surface area is 141 Å². The van der Waals surface area contributed by atoms with E-state index in [1.54, 1.807) is 0 Å². The minimum atomic E-state index is 0.0564. The molecular weight excluding hydrogens is 298 g/mol. The average molecular weight is 319 g/mol. The maximum absolute atomic E-state index is 12.7. The third kappa shape index (κ3) is 2.68. The van der Waals surface area contributed by atoms with Gasteiger partial charge in [0.15, 0.2) is 0 Å². The lowest BCUT2D eigenvalue weighted by Gasteiger charge is -2.29. The van der Waals surface area contributed by atoms with Crippen LogP contribution in [0.4, 0.5) is 0 Å². The molecule has 0 atom stereocenters. The highest BCUT2D eigenvalue weighted by Gasteiger charge is 2.23. The number of piperidine rings is 1. The van der Waals surface area contributed by atoms with E-state index in [4.69, 9.17) is 0 Å². The van der Waals surface area contributed by atoms with Crippen LogP contribution in [0, 0.1) is 5.92 Å². The van der Waals surface area contributed by atoms with Crippen molar-refractivity contribution >= 4 is 16.7 Å². The first-order valence-corrected chi connectivity index (χ1v) is 8.55. The van der Waals surface area contributed by atoms with E-state index in [0.717, 1.165) is 42.6 Å². The fourth-order valence-corrected chi connectivity index (χ4v) is 3.40. The van der Waals surface area contributed by atoms with Crippen molar-refractivity contribution in [3.8, 4) is 11.3 Å². The topological polar surface area (TPSA) is 49.0 Å². The molecular formula is C20H21N3O. The highest BCUT2D eigenvalue weighted by atomic mass is 16.2. The van der Waals surface area contributed by atoms with Crippen molar-refractivity contribution in [1.82, 2.24) is 15.1 Å². The number of benzene rings is 2. The molecule has 1 aliphatic heterocycles. The number of aromatic amines is 1. The molecule has 0 bridgehead atoms. The van der Waals surface area contributed by atoms with Crippen LogP contribution in [0.1, 0.15) is 30.3 Å². The predicted octanol–water partition coefficient (Wildman–Crippen LogP) is 4.10. The molecule has 24 heavy (non-hydrogen) atoms. The van der Waals surface area contributed by atoms with Crippen molar-refractivity contribution in [2.24, 2.45) is 5.92 Å². The number of aromatic nitrogens is 2. The largest absolute Gasteiger partial charge is 0.337 e. The van der Waals surface area contributed by atoms with Crippen LogP contribution >= 0.6 is 0 Å². The number of fused-ring (bicyclic) bond motifs is 1. The second-order valence-electron chi connectivity index (χ2n) is 6.67. The van der Waals surface area contributed by atoms with E-state index in [9.17, 15) is 4.79 Å². The fourth-order valence-electron chi connectivity index (χ4n) is 3.40. The molecule has 4 rings (SSSR count). The number of likely N-dealkylation sites (tertiary alicyclic amines) is 1. The van der Waals surface area contributed by atoms with E-state index in [1.165, 1.54) is 5.39 Å². The van der Waals surface area contributed by atoms with Crippen molar-refractivity contribution in [1.29, 1.82) is 0 Å². The van der Waals surface area contributed by atoms with Crippen LogP contribution in [-0.4, -0.2) is 34.1 Å². The van der Waals surface area contributed by atoms with Gasteiger partial charge in [-0.2, -0.15) is 5.10 Å². The molecule has 1 aliphatic rings.